The lowest BCUT2D eigenvalue weighted by molar-refractivity contribution is 1.10. The highest BCUT2D eigenvalue weighted by Crippen LogP contribution is 2.31. The number of hydrogen-bond donors (Lipinski definition) is 2. The highest BCUT2D eigenvalue weighted by molar-refractivity contribution is 5.96. The number of H-pyrrole nitrogens is 2. The van der Waals surface area contributed by atoms with E-state index in [1.807, 2.05) is 60.8 Å². The third kappa shape index (κ3) is 2.64. The van der Waals surface area contributed by atoms with Crippen molar-refractivity contribution in [2.75, 3.05) is 0 Å². The number of imidazole rings is 1. The van der Waals surface area contributed by atoms with Crippen molar-refractivity contribution in [2.45, 2.75) is 0 Å². The fourth-order valence-corrected chi connectivity index (χ4v) is 3.65. The zero-order chi connectivity index (χ0) is 19.9. The number of benzene rings is 1. The van der Waals surface area contributed by atoms with Gasteiger partial charge in [-0.2, -0.15) is 5.10 Å². The van der Waals surface area contributed by atoms with E-state index in [-0.39, 0.29) is 0 Å². The van der Waals surface area contributed by atoms with Crippen LogP contribution in [-0.2, 0) is 0 Å². The van der Waals surface area contributed by atoms with Gasteiger partial charge in [0, 0.05) is 41.5 Å². The number of para-hydroxylation sites is 1. The predicted molar refractivity (Wildman–Crippen MR) is 115 cm³/mol. The highest BCUT2D eigenvalue weighted by Gasteiger charge is 2.16. The minimum Gasteiger partial charge on any atom is -0.336 e. The molecule has 0 spiro atoms. The van der Waals surface area contributed by atoms with Crippen LogP contribution in [0.3, 0.4) is 0 Å². The molecule has 0 aliphatic heterocycles. The molecule has 7 nitrogen and oxygen atoms in total. The molecule has 1 aromatic carbocycles. The average molecular weight is 389 g/mol. The Balaban J connectivity index is 1.52. The summed E-state index contributed by atoms with van der Waals surface area (Å²) >= 11 is 0. The Bertz CT molecular complexity index is 1480. The quantitative estimate of drug-likeness (QED) is 0.460. The van der Waals surface area contributed by atoms with Gasteiger partial charge in [0.1, 0.15) is 5.52 Å². The number of hydrogen-bond acceptors (Lipinski definition) is 5. The summed E-state index contributed by atoms with van der Waals surface area (Å²) in [5.41, 5.74) is 8.03. The van der Waals surface area contributed by atoms with Crippen molar-refractivity contribution in [3.8, 4) is 33.9 Å². The molecular formula is C23H15N7. The van der Waals surface area contributed by atoms with Crippen LogP contribution in [0, 0.1) is 0 Å². The summed E-state index contributed by atoms with van der Waals surface area (Å²) in [6, 6.07) is 17.9. The van der Waals surface area contributed by atoms with E-state index in [1.165, 1.54) is 0 Å². The van der Waals surface area contributed by atoms with Crippen molar-refractivity contribution in [3.05, 3.63) is 79.4 Å². The minimum atomic E-state index is 0.673. The van der Waals surface area contributed by atoms with Crippen LogP contribution in [0.4, 0.5) is 0 Å². The zero-order valence-corrected chi connectivity index (χ0v) is 15.7. The topological polar surface area (TPSA) is 96.0 Å². The van der Waals surface area contributed by atoms with Crippen LogP contribution < -0.4 is 0 Å². The van der Waals surface area contributed by atoms with Gasteiger partial charge >= 0.3 is 0 Å². The molecule has 0 amide bonds. The summed E-state index contributed by atoms with van der Waals surface area (Å²) in [4.78, 5) is 21.4. The summed E-state index contributed by atoms with van der Waals surface area (Å²) in [6.07, 6.45) is 7.13. The first kappa shape index (κ1) is 16.6. The second kappa shape index (κ2) is 6.59. The molecule has 0 aliphatic carbocycles. The molecule has 5 heterocycles. The lowest BCUT2D eigenvalue weighted by Gasteiger charge is -2.01. The van der Waals surface area contributed by atoms with Crippen molar-refractivity contribution in [1.29, 1.82) is 0 Å². The Labute approximate surface area is 170 Å². The van der Waals surface area contributed by atoms with Crippen LogP contribution >= 0.6 is 0 Å². The number of nitrogens with zero attached hydrogens (tertiary/aromatic N) is 5. The maximum absolute atomic E-state index is 4.87. The van der Waals surface area contributed by atoms with Crippen LogP contribution in [0.2, 0.25) is 0 Å². The van der Waals surface area contributed by atoms with E-state index in [9.17, 15) is 0 Å². The van der Waals surface area contributed by atoms with E-state index in [0.717, 1.165) is 44.5 Å². The lowest BCUT2D eigenvalue weighted by atomic mass is 10.1. The van der Waals surface area contributed by atoms with Gasteiger partial charge in [-0.25, -0.2) is 9.97 Å². The highest BCUT2D eigenvalue weighted by atomic mass is 15.1. The molecule has 5 aromatic heterocycles. The van der Waals surface area contributed by atoms with Gasteiger partial charge in [-0.1, -0.05) is 18.2 Å². The fraction of sp³-hybridized carbons (Fsp3) is 0. The van der Waals surface area contributed by atoms with E-state index < -0.39 is 0 Å². The second-order valence-corrected chi connectivity index (χ2v) is 6.93. The molecule has 0 bridgehead atoms. The van der Waals surface area contributed by atoms with Crippen LogP contribution in [-0.4, -0.2) is 35.1 Å². The Morgan fingerprint density at radius 3 is 2.47 bits per heavy atom. The van der Waals surface area contributed by atoms with Gasteiger partial charge in [0.15, 0.2) is 11.5 Å². The first-order chi connectivity index (χ1) is 14.9. The van der Waals surface area contributed by atoms with E-state index in [1.54, 1.807) is 18.6 Å². The van der Waals surface area contributed by atoms with Gasteiger partial charge in [0.25, 0.3) is 0 Å². The summed E-state index contributed by atoms with van der Waals surface area (Å²) in [6.45, 7) is 0. The van der Waals surface area contributed by atoms with Gasteiger partial charge in [0.2, 0.25) is 0 Å². The van der Waals surface area contributed by atoms with E-state index in [2.05, 4.69) is 25.1 Å². The molecule has 0 radical (unpaired) electrons. The van der Waals surface area contributed by atoms with E-state index in [0.29, 0.717) is 11.5 Å². The summed E-state index contributed by atoms with van der Waals surface area (Å²) in [5, 5.41) is 7.55. The fourth-order valence-electron chi connectivity index (χ4n) is 3.65. The van der Waals surface area contributed by atoms with Crippen molar-refractivity contribution in [3.63, 3.8) is 0 Å². The van der Waals surface area contributed by atoms with Gasteiger partial charge in [0.05, 0.1) is 22.2 Å². The number of aromatic nitrogens is 7. The molecule has 0 saturated heterocycles. The lowest BCUT2D eigenvalue weighted by Crippen LogP contribution is -1.87. The van der Waals surface area contributed by atoms with Gasteiger partial charge in [-0.05, 0) is 36.4 Å². The maximum atomic E-state index is 4.87. The van der Waals surface area contributed by atoms with E-state index >= 15 is 0 Å². The molecule has 6 aromatic rings. The SMILES string of the molecule is c1cncc(-c2cccc3[nH]c(-c4n[nH]c5ccc(-c6ccncc6)nc45)nc23)c1. The Morgan fingerprint density at radius 2 is 1.60 bits per heavy atom. The molecule has 142 valence electrons. The van der Waals surface area contributed by atoms with Crippen LogP contribution in [0.25, 0.3) is 56.0 Å². The molecule has 6 rings (SSSR count). The number of nitrogens with one attached hydrogen (secondary N) is 2. The molecule has 0 atom stereocenters. The first-order valence-electron chi connectivity index (χ1n) is 9.52. The van der Waals surface area contributed by atoms with Gasteiger partial charge in [-0.3, -0.25) is 15.1 Å². The summed E-state index contributed by atoms with van der Waals surface area (Å²) < 4.78 is 0. The Kier molecular flexibility index (Phi) is 3.64. The third-order valence-corrected chi connectivity index (χ3v) is 5.09. The Hall–Kier alpha value is -4.39. The number of rotatable bonds is 3. The van der Waals surface area contributed by atoms with E-state index in [4.69, 9.17) is 9.97 Å². The van der Waals surface area contributed by atoms with Gasteiger partial charge < -0.3 is 4.98 Å². The smallest absolute Gasteiger partial charge is 0.161 e. The maximum Gasteiger partial charge on any atom is 0.161 e. The van der Waals surface area contributed by atoms with Gasteiger partial charge in [-0.15, -0.1) is 0 Å². The third-order valence-electron chi connectivity index (χ3n) is 5.09. The van der Waals surface area contributed by atoms with Crippen molar-refractivity contribution >= 4 is 22.1 Å². The zero-order valence-electron chi connectivity index (χ0n) is 15.7. The number of pyridine rings is 3. The standard InChI is InChI=1S/C23H15N7/c1-4-16(15-3-2-10-25-13-15)20-18(5-1)27-23(28-20)22-21-19(29-30-22)7-6-17(26-21)14-8-11-24-12-9-14/h1-13H,(H,27,28)(H,29,30). The van der Waals surface area contributed by atoms with Crippen LogP contribution in [0.15, 0.2) is 79.4 Å². The van der Waals surface area contributed by atoms with Crippen molar-refractivity contribution < 1.29 is 0 Å². The summed E-state index contributed by atoms with van der Waals surface area (Å²) in [5.74, 6) is 0.673. The summed E-state index contributed by atoms with van der Waals surface area (Å²) in [7, 11) is 0. The molecule has 0 unspecified atom stereocenters. The molecule has 7 heteroatoms. The van der Waals surface area contributed by atoms with Crippen molar-refractivity contribution in [1.82, 2.24) is 35.1 Å². The minimum absolute atomic E-state index is 0.673. The largest absolute Gasteiger partial charge is 0.336 e. The average Bonchev–Trinajstić information content (AvgIpc) is 3.43. The number of fused-ring (bicyclic) bond motifs is 2. The monoisotopic (exact) mass is 389 g/mol. The molecule has 2 N–H and O–H groups in total. The second-order valence-electron chi connectivity index (χ2n) is 6.93. The van der Waals surface area contributed by atoms with Crippen LogP contribution in [0.5, 0.6) is 0 Å². The van der Waals surface area contributed by atoms with Crippen molar-refractivity contribution in [2.24, 2.45) is 0 Å². The normalized spacial score (nSPS) is 11.3. The Morgan fingerprint density at radius 1 is 0.667 bits per heavy atom. The molecular weight excluding hydrogens is 374 g/mol. The van der Waals surface area contributed by atoms with Crippen LogP contribution in [0.1, 0.15) is 0 Å². The molecule has 0 fully saturated rings. The molecule has 0 aliphatic rings. The predicted octanol–water partition coefficient (Wildman–Crippen LogP) is 4.63. The first-order valence-corrected chi connectivity index (χ1v) is 9.52. The molecule has 30 heavy (non-hydrogen) atoms. The molecule has 0 saturated carbocycles. The number of aromatic amines is 2.